The van der Waals surface area contributed by atoms with Crippen LogP contribution >= 0.6 is 11.6 Å². The molecule has 2 N–H and O–H groups in total. The highest BCUT2D eigenvalue weighted by Gasteiger charge is 2.14. The van der Waals surface area contributed by atoms with Crippen molar-refractivity contribution in [2.75, 3.05) is 10.6 Å². The van der Waals surface area contributed by atoms with Gasteiger partial charge in [-0.05, 0) is 66.0 Å². The number of halogens is 1. The van der Waals surface area contributed by atoms with Gasteiger partial charge in [0.1, 0.15) is 0 Å². The maximum Gasteiger partial charge on any atom is 0.245 e. The fraction of sp³-hybridized carbons (Fsp3) is 0.158. The van der Waals surface area contributed by atoms with Crippen LogP contribution < -0.4 is 10.6 Å². The summed E-state index contributed by atoms with van der Waals surface area (Å²) in [5.74, 6) is 1.02. The van der Waals surface area contributed by atoms with Gasteiger partial charge in [-0.15, -0.1) is 0 Å². The first kappa shape index (κ1) is 17.2. The van der Waals surface area contributed by atoms with E-state index in [0.717, 1.165) is 22.5 Å². The number of benzene rings is 2. The molecule has 0 radical (unpaired) electrons. The van der Waals surface area contributed by atoms with E-state index < -0.39 is 0 Å². The molecule has 7 nitrogen and oxygen atoms in total. The van der Waals surface area contributed by atoms with Crippen molar-refractivity contribution in [3.8, 4) is 0 Å². The first-order chi connectivity index (χ1) is 13.0. The van der Waals surface area contributed by atoms with Gasteiger partial charge in [-0.3, -0.25) is 0 Å². The third-order valence-electron chi connectivity index (χ3n) is 4.41. The molecule has 0 aliphatic heterocycles. The highest BCUT2D eigenvalue weighted by Crippen LogP contribution is 2.30. The minimum Gasteiger partial charge on any atom is -0.337 e. The molecule has 8 heteroatoms. The van der Waals surface area contributed by atoms with Crippen LogP contribution in [0.25, 0.3) is 11.3 Å². The second-order valence-corrected chi connectivity index (χ2v) is 6.70. The third kappa shape index (κ3) is 3.41. The Balaban J connectivity index is 1.77. The zero-order valence-corrected chi connectivity index (χ0v) is 15.8. The van der Waals surface area contributed by atoms with Gasteiger partial charge in [0.2, 0.25) is 11.3 Å². The van der Waals surface area contributed by atoms with Gasteiger partial charge in [-0.1, -0.05) is 29.8 Å². The third-order valence-corrected chi connectivity index (χ3v) is 4.81. The van der Waals surface area contributed by atoms with Crippen molar-refractivity contribution < 1.29 is 4.63 Å². The minimum atomic E-state index is 0.322. The van der Waals surface area contributed by atoms with Gasteiger partial charge in [0.05, 0.1) is 0 Å². The van der Waals surface area contributed by atoms with Crippen molar-refractivity contribution in [2.45, 2.75) is 20.8 Å². The molecule has 0 saturated heterocycles. The van der Waals surface area contributed by atoms with Gasteiger partial charge in [0.15, 0.2) is 11.6 Å². The summed E-state index contributed by atoms with van der Waals surface area (Å²) in [5.41, 5.74) is 5.68. The van der Waals surface area contributed by atoms with Gasteiger partial charge >= 0.3 is 0 Å². The van der Waals surface area contributed by atoms with Crippen molar-refractivity contribution in [3.63, 3.8) is 0 Å². The second-order valence-electron chi connectivity index (χ2n) is 6.29. The lowest BCUT2D eigenvalue weighted by Gasteiger charge is -2.14. The van der Waals surface area contributed by atoms with E-state index in [0.29, 0.717) is 28.0 Å². The van der Waals surface area contributed by atoms with Crippen LogP contribution in [0, 0.1) is 20.8 Å². The number of rotatable bonds is 4. The van der Waals surface area contributed by atoms with Crippen LogP contribution in [0.2, 0.25) is 5.02 Å². The monoisotopic (exact) mass is 380 g/mol. The Morgan fingerprint density at radius 2 is 1.56 bits per heavy atom. The van der Waals surface area contributed by atoms with Crippen LogP contribution in [0.15, 0.2) is 41.0 Å². The fourth-order valence-electron chi connectivity index (χ4n) is 2.63. The summed E-state index contributed by atoms with van der Waals surface area (Å²) in [6.45, 7) is 6.06. The van der Waals surface area contributed by atoms with E-state index in [1.165, 1.54) is 5.56 Å². The number of hydrogen-bond acceptors (Lipinski definition) is 7. The molecule has 27 heavy (non-hydrogen) atoms. The lowest BCUT2D eigenvalue weighted by molar-refractivity contribution is 0.314. The fourth-order valence-corrected chi connectivity index (χ4v) is 2.81. The van der Waals surface area contributed by atoms with Crippen molar-refractivity contribution >= 4 is 45.9 Å². The number of nitrogens with zero attached hydrogens (tertiary/aromatic N) is 4. The molecule has 136 valence electrons. The molecule has 2 aromatic carbocycles. The van der Waals surface area contributed by atoms with E-state index in [4.69, 9.17) is 16.2 Å². The van der Waals surface area contributed by atoms with Gasteiger partial charge in [-0.2, -0.15) is 0 Å². The van der Waals surface area contributed by atoms with Crippen LogP contribution in [0.4, 0.5) is 23.0 Å². The lowest BCUT2D eigenvalue weighted by Crippen LogP contribution is -2.04. The summed E-state index contributed by atoms with van der Waals surface area (Å²) in [6, 6.07) is 11.7. The molecule has 2 aromatic heterocycles. The molecule has 0 fully saturated rings. The van der Waals surface area contributed by atoms with Crippen molar-refractivity contribution in [1.29, 1.82) is 0 Å². The number of nitrogens with one attached hydrogen (secondary N) is 2. The van der Waals surface area contributed by atoms with Crippen LogP contribution in [-0.4, -0.2) is 20.3 Å². The number of aromatic nitrogens is 4. The predicted octanol–water partition coefficient (Wildman–Crippen LogP) is 5.08. The number of hydrogen-bond donors (Lipinski definition) is 2. The highest BCUT2D eigenvalue weighted by molar-refractivity contribution is 6.31. The molecule has 0 bridgehead atoms. The van der Waals surface area contributed by atoms with Crippen LogP contribution in [-0.2, 0) is 0 Å². The van der Waals surface area contributed by atoms with Crippen LogP contribution in [0.5, 0.6) is 0 Å². The topological polar surface area (TPSA) is 88.8 Å². The maximum atomic E-state index is 6.24. The molecule has 0 unspecified atom stereocenters. The molecule has 4 aromatic rings. The van der Waals surface area contributed by atoms with Gasteiger partial charge in [0.25, 0.3) is 0 Å². The number of anilines is 4. The summed E-state index contributed by atoms with van der Waals surface area (Å²) in [7, 11) is 0. The van der Waals surface area contributed by atoms with E-state index in [1.54, 1.807) is 0 Å². The SMILES string of the molecule is Cc1ccc(Nc2nc3nonc3nc2Nc2cccc(C)c2C)cc1Cl. The molecule has 2 heterocycles. The Bertz CT molecular complexity index is 1140. The van der Waals surface area contributed by atoms with Crippen LogP contribution in [0.1, 0.15) is 16.7 Å². The van der Waals surface area contributed by atoms with Crippen molar-refractivity contribution in [2.24, 2.45) is 0 Å². The minimum absolute atomic E-state index is 0.322. The Morgan fingerprint density at radius 3 is 2.26 bits per heavy atom. The first-order valence-electron chi connectivity index (χ1n) is 8.38. The van der Waals surface area contributed by atoms with Gasteiger partial charge in [0, 0.05) is 16.4 Å². The molecule has 0 aliphatic rings. The first-order valence-corrected chi connectivity index (χ1v) is 8.76. The van der Waals surface area contributed by atoms with Crippen LogP contribution in [0.3, 0.4) is 0 Å². The van der Waals surface area contributed by atoms with Gasteiger partial charge in [-0.25, -0.2) is 14.6 Å². The van der Waals surface area contributed by atoms with E-state index in [2.05, 4.69) is 43.9 Å². The van der Waals surface area contributed by atoms with E-state index in [1.807, 2.05) is 44.2 Å². The zero-order chi connectivity index (χ0) is 19.0. The second kappa shape index (κ2) is 6.85. The van der Waals surface area contributed by atoms with Crippen molar-refractivity contribution in [1.82, 2.24) is 20.3 Å². The smallest absolute Gasteiger partial charge is 0.245 e. The highest BCUT2D eigenvalue weighted by atomic mass is 35.5. The molecular weight excluding hydrogens is 364 g/mol. The summed E-state index contributed by atoms with van der Waals surface area (Å²) in [4.78, 5) is 8.99. The number of fused-ring (bicyclic) bond motifs is 1. The van der Waals surface area contributed by atoms with Gasteiger partial charge < -0.3 is 10.6 Å². The molecule has 0 aliphatic carbocycles. The molecular formula is C19H17ClN6O. The normalized spacial score (nSPS) is 11.0. The standard InChI is InChI=1S/C19H17ClN6O/c1-10-5-4-6-15(12(10)3)22-17-16(23-18-19(24-17)26-27-25-18)21-13-8-7-11(2)14(20)9-13/h4-9H,1-3H3,(H,21,23,25)(H,22,24,26). The lowest BCUT2D eigenvalue weighted by atomic mass is 10.1. The Labute approximate surface area is 160 Å². The Morgan fingerprint density at radius 1 is 0.852 bits per heavy atom. The number of aryl methyl sites for hydroxylation is 2. The summed E-state index contributed by atoms with van der Waals surface area (Å²) >= 11 is 6.24. The van der Waals surface area contributed by atoms with E-state index >= 15 is 0 Å². The average molecular weight is 381 g/mol. The average Bonchev–Trinajstić information content (AvgIpc) is 3.09. The summed E-state index contributed by atoms with van der Waals surface area (Å²) < 4.78 is 4.75. The summed E-state index contributed by atoms with van der Waals surface area (Å²) in [6.07, 6.45) is 0. The quantitative estimate of drug-likeness (QED) is 0.510. The summed E-state index contributed by atoms with van der Waals surface area (Å²) in [5, 5.41) is 14.8. The molecule has 0 amide bonds. The maximum absolute atomic E-state index is 6.24. The zero-order valence-electron chi connectivity index (χ0n) is 15.0. The Hall–Kier alpha value is -3.19. The molecule has 0 saturated carbocycles. The van der Waals surface area contributed by atoms with E-state index in [9.17, 15) is 0 Å². The Kier molecular flexibility index (Phi) is 4.37. The molecule has 4 rings (SSSR count). The molecule has 0 atom stereocenters. The van der Waals surface area contributed by atoms with E-state index in [-0.39, 0.29) is 0 Å². The molecule has 0 spiro atoms. The largest absolute Gasteiger partial charge is 0.337 e. The predicted molar refractivity (Wildman–Crippen MR) is 106 cm³/mol. The van der Waals surface area contributed by atoms with Crippen molar-refractivity contribution in [3.05, 3.63) is 58.1 Å².